The van der Waals surface area contributed by atoms with Gasteiger partial charge in [0.1, 0.15) is 16.9 Å². The highest BCUT2D eigenvalue weighted by Crippen LogP contribution is 2.33. The summed E-state index contributed by atoms with van der Waals surface area (Å²) >= 11 is 3.13. The number of nitro groups is 1. The van der Waals surface area contributed by atoms with E-state index in [0.29, 0.717) is 11.4 Å². The lowest BCUT2D eigenvalue weighted by Gasteiger charge is -2.20. The topological polar surface area (TPSA) is 146 Å². The van der Waals surface area contributed by atoms with Crippen LogP contribution in [0, 0.1) is 10.1 Å². The van der Waals surface area contributed by atoms with Crippen LogP contribution in [-0.2, 0) is 9.47 Å². The summed E-state index contributed by atoms with van der Waals surface area (Å²) in [4.78, 5) is 36.2. The summed E-state index contributed by atoms with van der Waals surface area (Å²) in [5.74, 6) is 0. The molecule has 42 heavy (non-hydrogen) atoms. The molecule has 4 aromatic rings. The Hall–Kier alpha value is -4.42. The summed E-state index contributed by atoms with van der Waals surface area (Å²) in [5, 5.41) is 20.2. The number of thiophene rings is 2. The largest absolute Gasteiger partial charge is 0.444 e. The van der Waals surface area contributed by atoms with E-state index in [0.717, 1.165) is 20.9 Å². The van der Waals surface area contributed by atoms with Crippen LogP contribution in [0.1, 0.15) is 41.5 Å². The summed E-state index contributed by atoms with van der Waals surface area (Å²) in [7, 11) is 0. The van der Waals surface area contributed by atoms with Gasteiger partial charge in [0, 0.05) is 15.8 Å². The van der Waals surface area contributed by atoms with Crippen molar-refractivity contribution in [1.29, 1.82) is 0 Å². The molecular formula is C30H34N4O6S2. The fourth-order valence-corrected chi connectivity index (χ4v) is 4.93. The minimum absolute atomic E-state index is 0.111. The quantitative estimate of drug-likeness (QED) is 0.116. The second-order valence-corrected chi connectivity index (χ2v) is 12.9. The highest BCUT2D eigenvalue weighted by atomic mass is 32.1. The van der Waals surface area contributed by atoms with Gasteiger partial charge in [-0.3, -0.25) is 20.7 Å². The van der Waals surface area contributed by atoms with E-state index in [1.165, 1.54) is 23.5 Å². The van der Waals surface area contributed by atoms with Gasteiger partial charge in [0.15, 0.2) is 0 Å². The fraction of sp³-hybridized carbons (Fsp3) is 0.267. The average molecular weight is 611 g/mol. The molecule has 4 N–H and O–H groups in total. The lowest BCUT2D eigenvalue weighted by atomic mass is 10.1. The van der Waals surface area contributed by atoms with E-state index < -0.39 is 28.3 Å². The number of carbonyl (C=O) groups is 2. The Morgan fingerprint density at radius 3 is 1.62 bits per heavy atom. The molecule has 0 fully saturated rings. The third kappa shape index (κ3) is 9.89. The molecular weight excluding hydrogens is 576 g/mol. The molecule has 0 atom stereocenters. The van der Waals surface area contributed by atoms with Crippen LogP contribution in [0.3, 0.4) is 0 Å². The van der Waals surface area contributed by atoms with Crippen molar-refractivity contribution in [2.24, 2.45) is 0 Å². The standard InChI is InChI=1S/C15H16N2O4S.C15H18N2O2S/c1-15(2,3)21-14(18)16-11-7-6-10(9-12(11)17(19)20)13-5-4-8-22-13;1-15(2,3)19-14(18)17-12-7-6-10(9-11(12)16)13-5-4-8-20-13/h4-9H,1-3H3,(H,16,18);4-9H,16H2,1-3H3,(H,17,18). The Kier molecular flexibility index (Phi) is 10.3. The first-order chi connectivity index (χ1) is 19.6. The van der Waals surface area contributed by atoms with Crippen molar-refractivity contribution in [1.82, 2.24) is 0 Å². The third-order valence-corrected chi connectivity index (χ3v) is 6.97. The van der Waals surface area contributed by atoms with Gasteiger partial charge in [-0.05, 0) is 93.8 Å². The molecule has 10 nitrogen and oxygen atoms in total. The molecule has 0 aliphatic rings. The maximum atomic E-state index is 11.8. The number of nitrogen functional groups attached to an aromatic ring is 1. The number of rotatable bonds is 5. The highest BCUT2D eigenvalue weighted by molar-refractivity contribution is 7.13. The number of hydrogen-bond donors (Lipinski definition) is 3. The van der Waals surface area contributed by atoms with Crippen molar-refractivity contribution < 1.29 is 24.0 Å². The van der Waals surface area contributed by atoms with Crippen LogP contribution in [-0.4, -0.2) is 28.3 Å². The van der Waals surface area contributed by atoms with Crippen LogP contribution in [0.25, 0.3) is 20.9 Å². The maximum absolute atomic E-state index is 11.8. The Morgan fingerprint density at radius 2 is 1.21 bits per heavy atom. The minimum Gasteiger partial charge on any atom is -0.444 e. The van der Waals surface area contributed by atoms with E-state index in [4.69, 9.17) is 15.2 Å². The number of benzene rings is 2. The lowest BCUT2D eigenvalue weighted by Crippen LogP contribution is -2.27. The SMILES string of the molecule is CC(C)(C)OC(=O)Nc1ccc(-c2cccs2)cc1N.CC(C)(C)OC(=O)Nc1ccc(-c2cccs2)cc1[N+](=O)[O-]. The van der Waals surface area contributed by atoms with Crippen molar-refractivity contribution in [3.63, 3.8) is 0 Å². The summed E-state index contributed by atoms with van der Waals surface area (Å²) < 4.78 is 10.3. The molecule has 0 radical (unpaired) electrons. The van der Waals surface area contributed by atoms with Gasteiger partial charge >= 0.3 is 12.2 Å². The molecule has 0 saturated carbocycles. The molecule has 0 bridgehead atoms. The first-order valence-corrected chi connectivity index (χ1v) is 14.6. The Balaban J connectivity index is 0.000000231. The third-order valence-electron chi connectivity index (χ3n) is 5.13. The fourth-order valence-electron chi connectivity index (χ4n) is 3.48. The number of nitrogens with two attached hydrogens (primary N) is 1. The second-order valence-electron chi connectivity index (χ2n) is 11.0. The van der Waals surface area contributed by atoms with E-state index in [1.807, 2.05) is 67.9 Å². The summed E-state index contributed by atoms with van der Waals surface area (Å²) in [6, 6.07) is 18.0. The second kappa shape index (κ2) is 13.5. The van der Waals surface area contributed by atoms with E-state index in [1.54, 1.807) is 44.2 Å². The molecule has 0 saturated heterocycles. The molecule has 0 spiro atoms. The average Bonchev–Trinajstić information content (AvgIpc) is 3.58. The number of ether oxygens (including phenoxy) is 2. The van der Waals surface area contributed by atoms with E-state index in [2.05, 4.69) is 10.6 Å². The van der Waals surface area contributed by atoms with Gasteiger partial charge in [-0.25, -0.2) is 9.59 Å². The maximum Gasteiger partial charge on any atom is 0.412 e. The smallest absolute Gasteiger partial charge is 0.412 e. The normalized spacial score (nSPS) is 11.1. The zero-order valence-corrected chi connectivity index (χ0v) is 25.9. The molecule has 0 aliphatic heterocycles. The molecule has 4 rings (SSSR count). The minimum atomic E-state index is -0.723. The lowest BCUT2D eigenvalue weighted by molar-refractivity contribution is -0.383. The first-order valence-electron chi connectivity index (χ1n) is 12.9. The van der Waals surface area contributed by atoms with Gasteiger partial charge in [0.25, 0.3) is 5.69 Å². The zero-order valence-electron chi connectivity index (χ0n) is 24.2. The van der Waals surface area contributed by atoms with Crippen LogP contribution in [0.15, 0.2) is 71.4 Å². The number of amides is 2. The molecule has 2 aromatic heterocycles. The Labute approximate surface area is 252 Å². The van der Waals surface area contributed by atoms with Crippen molar-refractivity contribution in [2.45, 2.75) is 52.7 Å². The van der Waals surface area contributed by atoms with Gasteiger partial charge in [0.2, 0.25) is 0 Å². The van der Waals surface area contributed by atoms with Crippen LogP contribution < -0.4 is 16.4 Å². The predicted octanol–water partition coefficient (Wildman–Crippen LogP) is 9.01. The number of carbonyl (C=O) groups excluding carboxylic acids is 2. The van der Waals surface area contributed by atoms with Gasteiger partial charge in [-0.2, -0.15) is 0 Å². The Morgan fingerprint density at radius 1 is 0.762 bits per heavy atom. The number of hydrogen-bond acceptors (Lipinski definition) is 9. The molecule has 0 unspecified atom stereocenters. The summed E-state index contributed by atoms with van der Waals surface area (Å²) in [6.07, 6.45) is -1.23. The molecule has 2 heterocycles. The molecule has 222 valence electrons. The predicted molar refractivity (Wildman–Crippen MR) is 170 cm³/mol. The highest BCUT2D eigenvalue weighted by Gasteiger charge is 2.21. The van der Waals surface area contributed by atoms with Crippen molar-refractivity contribution in [3.8, 4) is 20.9 Å². The zero-order chi connectivity index (χ0) is 31.1. The number of nitrogens with zero attached hydrogens (tertiary/aromatic N) is 1. The van der Waals surface area contributed by atoms with E-state index in [-0.39, 0.29) is 11.4 Å². The number of anilines is 3. The van der Waals surface area contributed by atoms with Crippen LogP contribution in [0.5, 0.6) is 0 Å². The molecule has 0 aliphatic carbocycles. The first kappa shape index (κ1) is 32.1. The van der Waals surface area contributed by atoms with Crippen LogP contribution >= 0.6 is 22.7 Å². The van der Waals surface area contributed by atoms with Crippen molar-refractivity contribution in [2.75, 3.05) is 16.4 Å². The van der Waals surface area contributed by atoms with Crippen LogP contribution in [0.2, 0.25) is 0 Å². The van der Waals surface area contributed by atoms with Gasteiger partial charge in [-0.15, -0.1) is 22.7 Å². The number of nitrogens with one attached hydrogen (secondary N) is 2. The Bertz CT molecular complexity index is 1520. The van der Waals surface area contributed by atoms with Crippen LogP contribution in [0.4, 0.5) is 32.3 Å². The van der Waals surface area contributed by atoms with E-state index >= 15 is 0 Å². The summed E-state index contributed by atoms with van der Waals surface area (Å²) in [6.45, 7) is 10.6. The van der Waals surface area contributed by atoms with Crippen molar-refractivity contribution >= 4 is 57.6 Å². The van der Waals surface area contributed by atoms with Gasteiger partial charge in [-0.1, -0.05) is 24.3 Å². The van der Waals surface area contributed by atoms with Crippen molar-refractivity contribution in [3.05, 3.63) is 81.5 Å². The van der Waals surface area contributed by atoms with Gasteiger partial charge in [0.05, 0.1) is 16.3 Å². The van der Waals surface area contributed by atoms with E-state index in [9.17, 15) is 19.7 Å². The summed E-state index contributed by atoms with van der Waals surface area (Å²) in [5.41, 5.74) is 7.55. The molecule has 2 aromatic carbocycles. The molecule has 2 amide bonds. The number of nitro benzene ring substituents is 1. The van der Waals surface area contributed by atoms with Gasteiger partial charge < -0.3 is 15.2 Å². The monoisotopic (exact) mass is 610 g/mol. The molecule has 12 heteroatoms.